The number of anilines is 1. The molecule has 104 valence electrons. The Balaban J connectivity index is 2.09. The molecule has 0 amide bonds. The monoisotopic (exact) mass is 334 g/mol. The van der Waals surface area contributed by atoms with Crippen LogP contribution in [0.1, 0.15) is 23.0 Å². The van der Waals surface area contributed by atoms with E-state index in [9.17, 15) is 4.79 Å². The number of methoxy groups -OCH3 is 1. The summed E-state index contributed by atoms with van der Waals surface area (Å²) in [6.45, 7) is 2.16. The van der Waals surface area contributed by atoms with Gasteiger partial charge >= 0.3 is 0 Å². The van der Waals surface area contributed by atoms with Crippen molar-refractivity contribution in [3.05, 3.63) is 52.3 Å². The number of Topliss-reactive ketones (excluding diaryl/α,β-unsaturated/α-hetero) is 1. The summed E-state index contributed by atoms with van der Waals surface area (Å²) in [5.41, 5.74) is 2.42. The minimum Gasteiger partial charge on any atom is -0.497 e. The van der Waals surface area contributed by atoms with E-state index in [0.29, 0.717) is 12.2 Å². The third-order valence-corrected chi connectivity index (χ3v) is 3.49. The fourth-order valence-corrected chi connectivity index (χ4v) is 2.06. The number of nitrogens with zero attached hydrogens (tertiary/aromatic N) is 1. The molecule has 0 saturated heterocycles. The second-order valence-electron chi connectivity index (χ2n) is 4.31. The van der Waals surface area contributed by atoms with Crippen molar-refractivity contribution in [2.75, 3.05) is 12.4 Å². The molecule has 0 fully saturated rings. The van der Waals surface area contributed by atoms with Gasteiger partial charge in [0.2, 0.25) is 0 Å². The summed E-state index contributed by atoms with van der Waals surface area (Å²) in [5.74, 6) is 0.780. The van der Waals surface area contributed by atoms with Crippen LogP contribution >= 0.6 is 15.9 Å². The summed E-state index contributed by atoms with van der Waals surface area (Å²) < 4.78 is 5.95. The molecular weight excluding hydrogens is 320 g/mol. The molecule has 5 heteroatoms. The zero-order valence-electron chi connectivity index (χ0n) is 11.3. The van der Waals surface area contributed by atoms with E-state index in [4.69, 9.17) is 4.74 Å². The lowest BCUT2D eigenvalue weighted by Crippen LogP contribution is -2.03. The van der Waals surface area contributed by atoms with Crippen LogP contribution in [0.3, 0.4) is 0 Å². The number of carbonyl (C=O) groups excluding carboxylic acids is 1. The lowest BCUT2D eigenvalue weighted by Gasteiger charge is -2.10. The molecule has 0 atom stereocenters. The van der Waals surface area contributed by atoms with Crippen LogP contribution in [0.4, 0.5) is 5.69 Å². The quantitative estimate of drug-likeness (QED) is 0.847. The molecule has 0 bridgehead atoms. The van der Waals surface area contributed by atoms with E-state index in [0.717, 1.165) is 21.5 Å². The Hall–Kier alpha value is -1.88. The van der Waals surface area contributed by atoms with E-state index < -0.39 is 0 Å². The number of carbonyl (C=O) groups is 1. The Morgan fingerprint density at radius 3 is 2.65 bits per heavy atom. The van der Waals surface area contributed by atoms with E-state index in [1.165, 1.54) is 6.92 Å². The summed E-state index contributed by atoms with van der Waals surface area (Å²) in [6, 6.07) is 9.56. The number of benzene rings is 1. The molecule has 0 saturated carbocycles. The van der Waals surface area contributed by atoms with Crippen LogP contribution in [-0.2, 0) is 6.54 Å². The molecule has 4 nitrogen and oxygen atoms in total. The van der Waals surface area contributed by atoms with Crippen LogP contribution in [0.2, 0.25) is 0 Å². The van der Waals surface area contributed by atoms with E-state index in [1.54, 1.807) is 19.4 Å². The van der Waals surface area contributed by atoms with Crippen LogP contribution in [0.5, 0.6) is 5.75 Å². The van der Waals surface area contributed by atoms with Crippen LogP contribution in [0, 0.1) is 0 Å². The van der Waals surface area contributed by atoms with Gasteiger partial charge in [-0.05, 0) is 39.7 Å². The average molecular weight is 335 g/mol. The van der Waals surface area contributed by atoms with Crippen molar-refractivity contribution in [2.24, 2.45) is 0 Å². The standard InChI is InChI=1S/C15H15BrN2O2/c1-10(19)14-7-15(13(16)9-18-14)17-8-11-3-5-12(20-2)6-4-11/h3-7,9H,8H2,1-2H3,(H,17,18). The van der Waals surface area contributed by atoms with Gasteiger partial charge in [-0.2, -0.15) is 0 Å². The average Bonchev–Trinajstić information content (AvgIpc) is 2.46. The molecule has 2 aromatic rings. The van der Waals surface area contributed by atoms with Crippen LogP contribution in [0.25, 0.3) is 0 Å². The maximum absolute atomic E-state index is 11.3. The van der Waals surface area contributed by atoms with Gasteiger partial charge in [0.05, 0.1) is 17.3 Å². The molecule has 1 heterocycles. The Labute approximate surface area is 126 Å². The summed E-state index contributed by atoms with van der Waals surface area (Å²) in [4.78, 5) is 15.4. The number of nitrogens with one attached hydrogen (secondary N) is 1. The van der Waals surface area contributed by atoms with E-state index in [2.05, 4.69) is 26.2 Å². The van der Waals surface area contributed by atoms with Gasteiger partial charge in [0, 0.05) is 19.7 Å². The normalized spacial score (nSPS) is 10.2. The van der Waals surface area contributed by atoms with E-state index in [-0.39, 0.29) is 5.78 Å². The largest absolute Gasteiger partial charge is 0.497 e. The van der Waals surface area contributed by atoms with Gasteiger partial charge in [0.25, 0.3) is 0 Å². The fourth-order valence-electron chi connectivity index (χ4n) is 1.71. The van der Waals surface area contributed by atoms with Crippen LogP contribution in [-0.4, -0.2) is 17.9 Å². The third-order valence-electron chi connectivity index (χ3n) is 2.86. The molecule has 20 heavy (non-hydrogen) atoms. The summed E-state index contributed by atoms with van der Waals surface area (Å²) in [5, 5.41) is 3.28. The van der Waals surface area contributed by atoms with E-state index >= 15 is 0 Å². The van der Waals surface area contributed by atoms with Crippen molar-refractivity contribution in [2.45, 2.75) is 13.5 Å². The lowest BCUT2D eigenvalue weighted by molar-refractivity contribution is 0.101. The van der Waals surface area contributed by atoms with Crippen molar-refractivity contribution in [3.8, 4) is 5.75 Å². The Bertz CT molecular complexity index is 612. The molecule has 0 aliphatic carbocycles. The van der Waals surface area contributed by atoms with Crippen molar-refractivity contribution in [1.82, 2.24) is 4.98 Å². The molecule has 0 aliphatic rings. The zero-order chi connectivity index (χ0) is 14.5. The van der Waals surface area contributed by atoms with Gasteiger partial charge in [-0.3, -0.25) is 9.78 Å². The predicted octanol–water partition coefficient (Wildman–Crippen LogP) is 3.67. The first-order valence-electron chi connectivity index (χ1n) is 6.13. The highest BCUT2D eigenvalue weighted by atomic mass is 79.9. The Morgan fingerprint density at radius 2 is 2.05 bits per heavy atom. The van der Waals surface area contributed by atoms with Crippen LogP contribution < -0.4 is 10.1 Å². The van der Waals surface area contributed by atoms with Gasteiger partial charge < -0.3 is 10.1 Å². The number of pyridine rings is 1. The molecule has 0 radical (unpaired) electrons. The molecule has 0 spiro atoms. The molecular formula is C15H15BrN2O2. The number of rotatable bonds is 5. The van der Waals surface area contributed by atoms with Crippen molar-refractivity contribution in [1.29, 1.82) is 0 Å². The van der Waals surface area contributed by atoms with Crippen molar-refractivity contribution in [3.63, 3.8) is 0 Å². The number of ketones is 1. The summed E-state index contributed by atoms with van der Waals surface area (Å²) in [7, 11) is 1.64. The van der Waals surface area contributed by atoms with Gasteiger partial charge in [-0.25, -0.2) is 0 Å². The highest BCUT2D eigenvalue weighted by Gasteiger charge is 2.06. The number of hydrogen-bond donors (Lipinski definition) is 1. The Kier molecular flexibility index (Phi) is 4.74. The topological polar surface area (TPSA) is 51.2 Å². The van der Waals surface area contributed by atoms with Gasteiger partial charge in [-0.15, -0.1) is 0 Å². The smallest absolute Gasteiger partial charge is 0.178 e. The summed E-state index contributed by atoms with van der Waals surface area (Å²) >= 11 is 3.42. The van der Waals surface area contributed by atoms with Gasteiger partial charge in [0.1, 0.15) is 11.4 Å². The first-order valence-corrected chi connectivity index (χ1v) is 6.92. The molecule has 2 rings (SSSR count). The molecule has 0 aliphatic heterocycles. The molecule has 1 aromatic carbocycles. The molecule has 1 N–H and O–H groups in total. The minimum atomic E-state index is -0.0509. The molecule has 0 unspecified atom stereocenters. The lowest BCUT2D eigenvalue weighted by atomic mass is 10.2. The highest BCUT2D eigenvalue weighted by Crippen LogP contribution is 2.23. The first-order chi connectivity index (χ1) is 9.60. The van der Waals surface area contributed by atoms with E-state index in [1.807, 2.05) is 24.3 Å². The number of ether oxygens (including phenoxy) is 1. The SMILES string of the molecule is COc1ccc(CNc2cc(C(C)=O)ncc2Br)cc1. The highest BCUT2D eigenvalue weighted by molar-refractivity contribution is 9.10. The predicted molar refractivity (Wildman–Crippen MR) is 82.3 cm³/mol. The third kappa shape index (κ3) is 3.57. The van der Waals surface area contributed by atoms with Gasteiger partial charge in [-0.1, -0.05) is 12.1 Å². The second kappa shape index (κ2) is 6.52. The number of halogens is 1. The maximum Gasteiger partial charge on any atom is 0.178 e. The summed E-state index contributed by atoms with van der Waals surface area (Å²) in [6.07, 6.45) is 1.63. The zero-order valence-corrected chi connectivity index (χ0v) is 12.9. The second-order valence-corrected chi connectivity index (χ2v) is 5.16. The van der Waals surface area contributed by atoms with Gasteiger partial charge in [0.15, 0.2) is 5.78 Å². The van der Waals surface area contributed by atoms with Crippen molar-refractivity contribution < 1.29 is 9.53 Å². The Morgan fingerprint density at radius 1 is 1.35 bits per heavy atom. The number of hydrogen-bond acceptors (Lipinski definition) is 4. The molecule has 1 aromatic heterocycles. The van der Waals surface area contributed by atoms with Crippen LogP contribution in [0.15, 0.2) is 41.0 Å². The minimum absolute atomic E-state index is 0.0509. The first kappa shape index (κ1) is 14.5. The number of aromatic nitrogens is 1. The fraction of sp³-hybridized carbons (Fsp3) is 0.200. The maximum atomic E-state index is 11.3. The van der Waals surface area contributed by atoms with Crippen molar-refractivity contribution >= 4 is 27.4 Å².